The van der Waals surface area contributed by atoms with Crippen LogP contribution in [0.25, 0.3) is 21.9 Å². The molecule has 0 aromatic heterocycles. The highest BCUT2D eigenvalue weighted by molar-refractivity contribution is 6.07. The van der Waals surface area contributed by atoms with E-state index in [1.807, 2.05) is 38.1 Å². The molecular weight excluding hydrogens is 308 g/mol. The molecular formula is C23H26O2. The van der Waals surface area contributed by atoms with Crippen molar-refractivity contribution in [2.24, 2.45) is 0 Å². The monoisotopic (exact) mass is 334 g/mol. The molecule has 0 amide bonds. The van der Waals surface area contributed by atoms with Gasteiger partial charge in [0.25, 0.3) is 0 Å². The van der Waals surface area contributed by atoms with E-state index in [1.54, 1.807) is 13.0 Å². The van der Waals surface area contributed by atoms with Crippen LogP contribution in [-0.4, -0.2) is 10.2 Å². The first-order valence-corrected chi connectivity index (χ1v) is 8.93. The molecule has 2 N–H and O–H groups in total. The molecule has 1 aliphatic carbocycles. The molecule has 0 saturated heterocycles. The number of hydrogen-bond acceptors (Lipinski definition) is 2. The molecule has 1 atom stereocenters. The number of benzene rings is 3. The van der Waals surface area contributed by atoms with Gasteiger partial charge in [-0.05, 0) is 84.2 Å². The van der Waals surface area contributed by atoms with E-state index < -0.39 is 5.60 Å². The van der Waals surface area contributed by atoms with Crippen molar-refractivity contribution in [1.82, 2.24) is 0 Å². The fourth-order valence-corrected chi connectivity index (χ4v) is 3.96. The van der Waals surface area contributed by atoms with Gasteiger partial charge in [-0.3, -0.25) is 0 Å². The molecule has 0 bridgehead atoms. The number of phenolic OH excluding ortho intramolecular Hbond substituents is 1. The van der Waals surface area contributed by atoms with Crippen LogP contribution in [0.4, 0.5) is 0 Å². The van der Waals surface area contributed by atoms with E-state index in [1.165, 1.54) is 16.7 Å². The minimum absolute atomic E-state index is 0.234. The Morgan fingerprint density at radius 1 is 0.880 bits per heavy atom. The normalized spacial score (nSPS) is 17.7. The van der Waals surface area contributed by atoms with Gasteiger partial charge in [0, 0.05) is 5.39 Å². The third kappa shape index (κ3) is 2.28. The molecule has 4 rings (SSSR count). The first-order chi connectivity index (χ1) is 11.8. The molecule has 2 heteroatoms. The lowest BCUT2D eigenvalue weighted by Crippen LogP contribution is -2.19. The molecule has 130 valence electrons. The molecule has 25 heavy (non-hydrogen) atoms. The summed E-state index contributed by atoms with van der Waals surface area (Å²) >= 11 is 0. The second-order valence-corrected chi connectivity index (χ2v) is 6.80. The maximum Gasteiger partial charge on any atom is 0.123 e. The summed E-state index contributed by atoms with van der Waals surface area (Å²) < 4.78 is 0. The van der Waals surface area contributed by atoms with E-state index in [2.05, 4.69) is 26.8 Å². The van der Waals surface area contributed by atoms with Gasteiger partial charge >= 0.3 is 0 Å². The quantitative estimate of drug-likeness (QED) is 0.551. The fraction of sp³-hybridized carbons (Fsp3) is 0.304. The smallest absolute Gasteiger partial charge is 0.123 e. The third-order valence-corrected chi connectivity index (χ3v) is 5.48. The summed E-state index contributed by atoms with van der Waals surface area (Å²) in [5.74, 6) is 0.234. The van der Waals surface area contributed by atoms with Crippen LogP contribution in [-0.2, 0) is 5.60 Å². The van der Waals surface area contributed by atoms with Crippen LogP contribution in [0, 0.1) is 20.8 Å². The summed E-state index contributed by atoms with van der Waals surface area (Å²) in [5, 5.41) is 23.6. The topological polar surface area (TPSA) is 40.5 Å². The third-order valence-electron chi connectivity index (χ3n) is 5.48. The maximum absolute atomic E-state index is 11.1. The van der Waals surface area contributed by atoms with Crippen molar-refractivity contribution >= 4 is 10.8 Å². The Hall–Kier alpha value is -2.32. The SMILES string of the molecule is CC.Cc1cc2c(O)cc3c(c2c(C)c1C)-c1ccccc1C3(C)O. The van der Waals surface area contributed by atoms with Gasteiger partial charge in [-0.15, -0.1) is 0 Å². The van der Waals surface area contributed by atoms with Crippen molar-refractivity contribution in [3.63, 3.8) is 0 Å². The highest BCUT2D eigenvalue weighted by Crippen LogP contribution is 2.52. The van der Waals surface area contributed by atoms with Gasteiger partial charge in [0.15, 0.2) is 0 Å². The largest absolute Gasteiger partial charge is 0.507 e. The summed E-state index contributed by atoms with van der Waals surface area (Å²) in [6.07, 6.45) is 0. The van der Waals surface area contributed by atoms with E-state index in [0.717, 1.165) is 33.0 Å². The Kier molecular flexibility index (Phi) is 4.12. The lowest BCUT2D eigenvalue weighted by atomic mass is 9.88. The second kappa shape index (κ2) is 5.89. The Morgan fingerprint density at radius 3 is 2.20 bits per heavy atom. The van der Waals surface area contributed by atoms with Crippen molar-refractivity contribution in [2.45, 2.75) is 47.1 Å². The minimum Gasteiger partial charge on any atom is -0.507 e. The van der Waals surface area contributed by atoms with Crippen LogP contribution in [0.5, 0.6) is 5.75 Å². The Labute approximate surface area is 149 Å². The predicted octanol–water partition coefficient (Wildman–Crippen LogP) is 5.73. The standard InChI is InChI=1S/C21H20O2.C2H6/c1-11-9-15-18(22)10-17-20(19(15)13(3)12(11)2)14-7-5-6-8-16(14)21(17,4)23;1-2/h5-10,22-23H,1-4H3;1-2H3. The molecule has 3 aromatic carbocycles. The van der Waals surface area contributed by atoms with Crippen LogP contribution >= 0.6 is 0 Å². The molecule has 0 spiro atoms. The van der Waals surface area contributed by atoms with Crippen molar-refractivity contribution in [1.29, 1.82) is 0 Å². The lowest BCUT2D eigenvalue weighted by molar-refractivity contribution is 0.107. The summed E-state index contributed by atoms with van der Waals surface area (Å²) in [6.45, 7) is 12.1. The number of rotatable bonds is 0. The molecule has 1 aliphatic rings. The molecule has 0 radical (unpaired) electrons. The average molecular weight is 334 g/mol. The van der Waals surface area contributed by atoms with E-state index in [4.69, 9.17) is 0 Å². The zero-order valence-corrected chi connectivity index (χ0v) is 15.9. The van der Waals surface area contributed by atoms with E-state index in [9.17, 15) is 10.2 Å². The summed E-state index contributed by atoms with van der Waals surface area (Å²) in [5.41, 5.74) is 6.29. The van der Waals surface area contributed by atoms with Gasteiger partial charge in [0.1, 0.15) is 11.4 Å². The van der Waals surface area contributed by atoms with Gasteiger partial charge in [0.05, 0.1) is 0 Å². The zero-order valence-electron chi connectivity index (χ0n) is 15.9. The van der Waals surface area contributed by atoms with Crippen LogP contribution in [0.3, 0.4) is 0 Å². The first-order valence-electron chi connectivity index (χ1n) is 8.93. The van der Waals surface area contributed by atoms with Crippen molar-refractivity contribution in [3.05, 3.63) is 64.2 Å². The highest BCUT2D eigenvalue weighted by Gasteiger charge is 2.39. The number of phenols is 1. The molecule has 2 nitrogen and oxygen atoms in total. The number of aliphatic hydroxyl groups is 1. The Bertz CT molecular complexity index is 981. The number of aryl methyl sites for hydroxylation is 2. The number of hydrogen-bond donors (Lipinski definition) is 2. The number of aromatic hydroxyl groups is 1. The lowest BCUT2D eigenvalue weighted by Gasteiger charge is -2.21. The van der Waals surface area contributed by atoms with E-state index in [-0.39, 0.29) is 5.75 Å². The first kappa shape index (κ1) is 17.5. The second-order valence-electron chi connectivity index (χ2n) is 6.80. The van der Waals surface area contributed by atoms with E-state index in [0.29, 0.717) is 0 Å². The van der Waals surface area contributed by atoms with E-state index >= 15 is 0 Å². The maximum atomic E-state index is 11.1. The van der Waals surface area contributed by atoms with Gasteiger partial charge in [-0.2, -0.15) is 0 Å². The predicted molar refractivity (Wildman–Crippen MR) is 105 cm³/mol. The zero-order chi connectivity index (χ0) is 18.5. The summed E-state index contributed by atoms with van der Waals surface area (Å²) in [4.78, 5) is 0. The van der Waals surface area contributed by atoms with Gasteiger partial charge in [-0.1, -0.05) is 38.1 Å². The van der Waals surface area contributed by atoms with Crippen LogP contribution in [0.1, 0.15) is 48.6 Å². The van der Waals surface area contributed by atoms with Gasteiger partial charge in [0.2, 0.25) is 0 Å². The van der Waals surface area contributed by atoms with Crippen molar-refractivity contribution in [2.75, 3.05) is 0 Å². The fourth-order valence-electron chi connectivity index (χ4n) is 3.96. The number of fused-ring (bicyclic) bond motifs is 5. The molecule has 0 saturated carbocycles. The van der Waals surface area contributed by atoms with Crippen molar-refractivity contribution in [3.8, 4) is 16.9 Å². The van der Waals surface area contributed by atoms with Crippen LogP contribution in [0.15, 0.2) is 36.4 Å². The van der Waals surface area contributed by atoms with Gasteiger partial charge < -0.3 is 10.2 Å². The van der Waals surface area contributed by atoms with Crippen molar-refractivity contribution < 1.29 is 10.2 Å². The Balaban J connectivity index is 0.000000880. The van der Waals surface area contributed by atoms with Crippen LogP contribution < -0.4 is 0 Å². The summed E-state index contributed by atoms with van der Waals surface area (Å²) in [7, 11) is 0. The van der Waals surface area contributed by atoms with Gasteiger partial charge in [-0.25, -0.2) is 0 Å². The highest BCUT2D eigenvalue weighted by atomic mass is 16.3. The molecule has 0 fully saturated rings. The Morgan fingerprint density at radius 2 is 1.52 bits per heavy atom. The van der Waals surface area contributed by atoms with Crippen LogP contribution in [0.2, 0.25) is 0 Å². The molecule has 0 aliphatic heterocycles. The summed E-state index contributed by atoms with van der Waals surface area (Å²) in [6, 6.07) is 11.7. The molecule has 3 aromatic rings. The molecule has 0 heterocycles. The average Bonchev–Trinajstić information content (AvgIpc) is 2.83. The molecule has 1 unspecified atom stereocenters. The minimum atomic E-state index is -1.08.